The zero-order valence-corrected chi connectivity index (χ0v) is 12.1. The van der Waals surface area contributed by atoms with E-state index < -0.39 is 0 Å². The van der Waals surface area contributed by atoms with E-state index in [1.54, 1.807) is 0 Å². The van der Waals surface area contributed by atoms with E-state index in [1.807, 2.05) is 0 Å². The van der Waals surface area contributed by atoms with Gasteiger partial charge in [-0.25, -0.2) is 4.99 Å². The summed E-state index contributed by atoms with van der Waals surface area (Å²) in [6.45, 7) is 7.08. The summed E-state index contributed by atoms with van der Waals surface area (Å²) in [7, 11) is 0. The normalized spacial score (nSPS) is 19.6. The summed E-state index contributed by atoms with van der Waals surface area (Å²) in [5.74, 6) is 1.25. The summed E-state index contributed by atoms with van der Waals surface area (Å²) >= 11 is 3.44. The molecule has 0 radical (unpaired) electrons. The van der Waals surface area contributed by atoms with Gasteiger partial charge in [-0.15, -0.1) is 0 Å². The van der Waals surface area contributed by atoms with Crippen molar-refractivity contribution >= 4 is 21.8 Å². The van der Waals surface area contributed by atoms with Crippen LogP contribution in [-0.2, 0) is 11.2 Å². The largest absolute Gasteiger partial charge is 0.478 e. The van der Waals surface area contributed by atoms with Gasteiger partial charge in [0.15, 0.2) is 5.90 Å². The minimum atomic E-state index is -0.0523. The second kappa shape index (κ2) is 4.81. The van der Waals surface area contributed by atoms with Gasteiger partial charge in [-0.1, -0.05) is 35.0 Å². The Balaban J connectivity index is 2.02. The summed E-state index contributed by atoms with van der Waals surface area (Å²) in [6, 6.07) is 8.43. The molecule has 0 fully saturated rings. The van der Waals surface area contributed by atoms with Gasteiger partial charge in [0, 0.05) is 10.4 Å². The molecule has 3 heteroatoms. The van der Waals surface area contributed by atoms with Crippen LogP contribution in [-0.4, -0.2) is 18.0 Å². The maximum absolute atomic E-state index is 5.67. The lowest BCUT2D eigenvalue weighted by atomic mass is 10.0. The number of nitrogens with zero attached hydrogens (tertiary/aromatic N) is 1. The molecule has 1 atom stereocenters. The molecule has 2 rings (SSSR count). The number of rotatable bonds is 3. The quantitative estimate of drug-likeness (QED) is 0.830. The molecular weight excluding hydrogens is 278 g/mol. The number of hydrogen-bond acceptors (Lipinski definition) is 2. The van der Waals surface area contributed by atoms with E-state index in [-0.39, 0.29) is 5.54 Å². The van der Waals surface area contributed by atoms with Crippen LogP contribution in [0.3, 0.4) is 0 Å². The van der Waals surface area contributed by atoms with Crippen molar-refractivity contribution in [3.8, 4) is 0 Å². The zero-order valence-electron chi connectivity index (χ0n) is 10.5. The summed E-state index contributed by atoms with van der Waals surface area (Å²) < 4.78 is 6.78. The van der Waals surface area contributed by atoms with Crippen molar-refractivity contribution in [2.24, 2.45) is 10.9 Å². The van der Waals surface area contributed by atoms with Crippen LogP contribution < -0.4 is 0 Å². The van der Waals surface area contributed by atoms with Crippen molar-refractivity contribution in [2.45, 2.75) is 32.7 Å². The van der Waals surface area contributed by atoms with Crippen molar-refractivity contribution in [3.63, 3.8) is 0 Å². The van der Waals surface area contributed by atoms with E-state index in [0.29, 0.717) is 12.5 Å². The van der Waals surface area contributed by atoms with Gasteiger partial charge < -0.3 is 4.74 Å². The van der Waals surface area contributed by atoms with Crippen LogP contribution in [0.1, 0.15) is 26.3 Å². The Morgan fingerprint density at radius 3 is 2.53 bits per heavy atom. The second-order valence-electron chi connectivity index (χ2n) is 5.28. The molecule has 92 valence electrons. The first-order valence-corrected chi connectivity index (χ1v) is 6.72. The highest BCUT2D eigenvalue weighted by atomic mass is 79.9. The monoisotopic (exact) mass is 295 g/mol. The fraction of sp³-hybridized carbons (Fsp3) is 0.500. The molecule has 0 aliphatic carbocycles. The molecule has 0 bridgehead atoms. The van der Waals surface area contributed by atoms with Crippen molar-refractivity contribution in [1.82, 2.24) is 0 Å². The molecule has 1 aromatic rings. The number of aliphatic imine (C=N–C) groups is 1. The summed E-state index contributed by atoms with van der Waals surface area (Å²) in [5, 5.41) is 0. The molecule has 1 aliphatic heterocycles. The third-order valence-electron chi connectivity index (χ3n) is 2.86. The Morgan fingerprint density at radius 2 is 2.00 bits per heavy atom. The van der Waals surface area contributed by atoms with Gasteiger partial charge in [-0.2, -0.15) is 0 Å². The number of benzene rings is 1. The van der Waals surface area contributed by atoms with Crippen LogP contribution >= 0.6 is 15.9 Å². The lowest BCUT2D eigenvalue weighted by molar-refractivity contribution is 0.266. The Morgan fingerprint density at radius 1 is 1.35 bits per heavy atom. The third kappa shape index (κ3) is 3.32. The number of ether oxygens (including phenoxy) is 1. The maximum Gasteiger partial charge on any atom is 0.187 e. The van der Waals surface area contributed by atoms with E-state index in [2.05, 4.69) is 66.0 Å². The highest BCUT2D eigenvalue weighted by Gasteiger charge is 2.28. The van der Waals surface area contributed by atoms with Crippen LogP contribution in [0.5, 0.6) is 0 Å². The summed E-state index contributed by atoms with van der Waals surface area (Å²) in [6.07, 6.45) is 0.974. The first-order valence-electron chi connectivity index (χ1n) is 5.93. The average Bonchev–Trinajstić information content (AvgIpc) is 2.62. The molecule has 17 heavy (non-hydrogen) atoms. The summed E-state index contributed by atoms with van der Waals surface area (Å²) in [4.78, 5) is 4.62. The second-order valence-corrected chi connectivity index (χ2v) is 6.20. The van der Waals surface area contributed by atoms with Crippen molar-refractivity contribution in [3.05, 3.63) is 34.3 Å². The predicted octanol–water partition coefficient (Wildman–Crippen LogP) is 3.84. The summed E-state index contributed by atoms with van der Waals surface area (Å²) in [5.41, 5.74) is 1.26. The fourth-order valence-electron chi connectivity index (χ4n) is 1.93. The molecular formula is C14H18BrNO. The molecule has 2 nitrogen and oxygen atoms in total. The highest BCUT2D eigenvalue weighted by Crippen LogP contribution is 2.22. The fourth-order valence-corrected chi connectivity index (χ4v) is 2.19. The van der Waals surface area contributed by atoms with Crippen molar-refractivity contribution < 1.29 is 4.74 Å². The lowest BCUT2D eigenvalue weighted by Gasteiger charge is -2.11. The Bertz CT molecular complexity index is 422. The zero-order chi connectivity index (χ0) is 12.5. The highest BCUT2D eigenvalue weighted by molar-refractivity contribution is 9.10. The van der Waals surface area contributed by atoms with Gasteiger partial charge in [-0.3, -0.25) is 0 Å². The Hall–Kier alpha value is -0.830. The molecule has 0 amide bonds. The standard InChI is InChI=1S/C14H18BrNO/c1-10(13-16-14(2,3)9-17-13)8-11-4-6-12(15)7-5-11/h4-7,10H,8-9H2,1-3H3. The molecule has 0 saturated heterocycles. The third-order valence-corrected chi connectivity index (χ3v) is 3.39. The van der Waals surface area contributed by atoms with E-state index in [0.717, 1.165) is 16.8 Å². The van der Waals surface area contributed by atoms with Gasteiger partial charge >= 0.3 is 0 Å². The number of hydrogen-bond donors (Lipinski definition) is 0. The lowest BCUT2D eigenvalue weighted by Crippen LogP contribution is -2.17. The van der Waals surface area contributed by atoms with Crippen LogP contribution in [0.15, 0.2) is 33.7 Å². The van der Waals surface area contributed by atoms with E-state index >= 15 is 0 Å². The Labute approximate surface area is 111 Å². The molecule has 0 saturated carbocycles. The molecule has 1 aromatic carbocycles. The minimum Gasteiger partial charge on any atom is -0.478 e. The van der Waals surface area contributed by atoms with Crippen LogP contribution in [0.25, 0.3) is 0 Å². The topological polar surface area (TPSA) is 21.6 Å². The predicted molar refractivity (Wildman–Crippen MR) is 74.5 cm³/mol. The van der Waals surface area contributed by atoms with E-state index in [9.17, 15) is 0 Å². The van der Waals surface area contributed by atoms with Gasteiger partial charge in [0.1, 0.15) is 6.61 Å². The Kier molecular flexibility index (Phi) is 3.57. The molecule has 1 unspecified atom stereocenters. The van der Waals surface area contributed by atoms with Gasteiger partial charge in [0.2, 0.25) is 0 Å². The first-order chi connectivity index (χ1) is 7.96. The van der Waals surface area contributed by atoms with Crippen molar-refractivity contribution in [1.29, 1.82) is 0 Å². The van der Waals surface area contributed by atoms with Gasteiger partial charge in [-0.05, 0) is 38.0 Å². The SMILES string of the molecule is CC(Cc1ccc(Br)cc1)C1=NC(C)(C)CO1. The first kappa shape index (κ1) is 12.6. The van der Waals surface area contributed by atoms with Crippen LogP contribution in [0, 0.1) is 5.92 Å². The molecule has 0 aromatic heterocycles. The van der Waals surface area contributed by atoms with Crippen molar-refractivity contribution in [2.75, 3.05) is 6.61 Å². The minimum absolute atomic E-state index is 0.0523. The van der Waals surface area contributed by atoms with E-state index in [1.165, 1.54) is 5.56 Å². The van der Waals surface area contributed by atoms with Gasteiger partial charge in [0.05, 0.1) is 5.54 Å². The smallest absolute Gasteiger partial charge is 0.187 e. The van der Waals surface area contributed by atoms with Gasteiger partial charge in [0.25, 0.3) is 0 Å². The number of halogens is 1. The van der Waals surface area contributed by atoms with E-state index in [4.69, 9.17) is 4.74 Å². The average molecular weight is 296 g/mol. The van der Waals surface area contributed by atoms with Crippen LogP contribution in [0.2, 0.25) is 0 Å². The molecule has 0 N–H and O–H groups in total. The molecule has 1 aliphatic rings. The van der Waals surface area contributed by atoms with Crippen LogP contribution in [0.4, 0.5) is 0 Å². The molecule has 1 heterocycles. The maximum atomic E-state index is 5.67. The molecule has 0 spiro atoms.